The van der Waals surface area contributed by atoms with Crippen LogP contribution in [0.15, 0.2) is 36.4 Å². The van der Waals surface area contributed by atoms with E-state index in [2.05, 4.69) is 12.3 Å². The van der Waals surface area contributed by atoms with E-state index in [1.165, 1.54) is 12.5 Å². The number of nitrogens with one attached hydrogen (secondary N) is 1. The van der Waals surface area contributed by atoms with Crippen LogP contribution in [0, 0.1) is 18.6 Å². The van der Waals surface area contributed by atoms with Crippen LogP contribution < -0.4 is 11.3 Å². The zero-order valence-corrected chi connectivity index (χ0v) is 11.6. The molecule has 4 heteroatoms. The van der Waals surface area contributed by atoms with Crippen molar-refractivity contribution in [3.05, 3.63) is 70.3 Å². The van der Waals surface area contributed by atoms with Crippen molar-refractivity contribution in [3.63, 3.8) is 0 Å². The highest BCUT2D eigenvalue weighted by molar-refractivity contribution is 5.36. The number of hydrazine groups is 1. The Labute approximate surface area is 117 Å². The van der Waals surface area contributed by atoms with Gasteiger partial charge in [0.2, 0.25) is 0 Å². The number of hydrogen-bond donors (Lipinski definition) is 2. The molecular weight excluding hydrogens is 258 g/mol. The molecule has 0 saturated carbocycles. The Balaban J connectivity index is 2.44. The molecule has 0 bridgehead atoms. The van der Waals surface area contributed by atoms with E-state index in [1.807, 2.05) is 24.3 Å². The van der Waals surface area contributed by atoms with Crippen LogP contribution in [0.25, 0.3) is 0 Å². The van der Waals surface area contributed by atoms with Crippen LogP contribution in [0.2, 0.25) is 0 Å². The lowest BCUT2D eigenvalue weighted by Gasteiger charge is -2.18. The number of aryl methyl sites for hydroxylation is 2. The summed E-state index contributed by atoms with van der Waals surface area (Å²) in [6, 6.07) is 10.2. The van der Waals surface area contributed by atoms with Gasteiger partial charge in [-0.1, -0.05) is 43.3 Å². The first-order chi connectivity index (χ1) is 9.58. The highest BCUT2D eigenvalue weighted by Crippen LogP contribution is 2.26. The van der Waals surface area contributed by atoms with E-state index in [4.69, 9.17) is 5.84 Å². The van der Waals surface area contributed by atoms with Gasteiger partial charge < -0.3 is 0 Å². The maximum atomic E-state index is 14.1. The monoisotopic (exact) mass is 276 g/mol. The minimum absolute atomic E-state index is 0.208. The number of rotatable bonds is 4. The van der Waals surface area contributed by atoms with Gasteiger partial charge in [0.05, 0.1) is 6.04 Å². The largest absolute Gasteiger partial charge is 0.271 e. The molecule has 0 radical (unpaired) electrons. The molecule has 2 aromatic carbocycles. The molecule has 1 unspecified atom stereocenters. The topological polar surface area (TPSA) is 38.0 Å². The molecule has 0 fully saturated rings. The smallest absolute Gasteiger partial charge is 0.164 e. The van der Waals surface area contributed by atoms with Crippen molar-refractivity contribution in [3.8, 4) is 0 Å². The van der Waals surface area contributed by atoms with Gasteiger partial charge in [0.15, 0.2) is 11.6 Å². The summed E-state index contributed by atoms with van der Waals surface area (Å²) in [6.07, 6.45) is 0.925. The molecule has 1 atom stereocenters. The first-order valence-corrected chi connectivity index (χ1v) is 6.58. The van der Waals surface area contributed by atoms with Gasteiger partial charge in [-0.25, -0.2) is 14.2 Å². The molecule has 2 aromatic rings. The predicted octanol–water partition coefficient (Wildman–Crippen LogP) is 3.39. The fourth-order valence-corrected chi connectivity index (χ4v) is 2.20. The fourth-order valence-electron chi connectivity index (χ4n) is 2.20. The minimum Gasteiger partial charge on any atom is -0.271 e. The Bertz CT molecular complexity index is 594. The van der Waals surface area contributed by atoms with E-state index in [0.717, 1.165) is 12.0 Å². The van der Waals surface area contributed by atoms with Gasteiger partial charge in [-0.15, -0.1) is 0 Å². The van der Waals surface area contributed by atoms with Crippen LogP contribution in [0.5, 0.6) is 0 Å². The lowest BCUT2D eigenvalue weighted by atomic mass is 9.96. The van der Waals surface area contributed by atoms with Crippen molar-refractivity contribution in [2.24, 2.45) is 5.84 Å². The molecule has 0 saturated heterocycles. The van der Waals surface area contributed by atoms with Crippen LogP contribution in [0.1, 0.15) is 35.2 Å². The Kier molecular flexibility index (Phi) is 4.47. The summed E-state index contributed by atoms with van der Waals surface area (Å²) in [6.45, 7) is 3.59. The third kappa shape index (κ3) is 2.71. The van der Waals surface area contributed by atoms with Crippen LogP contribution in [0.4, 0.5) is 8.78 Å². The molecule has 0 aliphatic rings. The standard InChI is InChI=1S/C16H18F2N2/c1-3-11-5-7-12(8-6-11)16(20-19)13-9-4-10(2)14(17)15(13)18/h4-9,16,20H,3,19H2,1-2H3. The number of halogens is 2. The van der Waals surface area contributed by atoms with E-state index in [9.17, 15) is 8.78 Å². The summed E-state index contributed by atoms with van der Waals surface area (Å²) in [4.78, 5) is 0. The molecule has 0 spiro atoms. The first-order valence-electron chi connectivity index (χ1n) is 6.58. The Morgan fingerprint density at radius 3 is 2.25 bits per heavy atom. The van der Waals surface area contributed by atoms with E-state index in [-0.39, 0.29) is 11.1 Å². The summed E-state index contributed by atoms with van der Waals surface area (Å²) in [5.41, 5.74) is 5.02. The molecule has 20 heavy (non-hydrogen) atoms. The lowest BCUT2D eigenvalue weighted by Crippen LogP contribution is -2.29. The third-order valence-electron chi connectivity index (χ3n) is 3.50. The van der Waals surface area contributed by atoms with Crippen molar-refractivity contribution >= 4 is 0 Å². The van der Waals surface area contributed by atoms with Gasteiger partial charge in [-0.05, 0) is 30.0 Å². The molecule has 0 aromatic heterocycles. The number of hydrogen-bond acceptors (Lipinski definition) is 2. The zero-order chi connectivity index (χ0) is 14.7. The molecular formula is C16H18F2N2. The number of benzene rings is 2. The van der Waals surface area contributed by atoms with Crippen LogP contribution >= 0.6 is 0 Å². The summed E-state index contributed by atoms with van der Waals surface area (Å²) in [5, 5.41) is 0. The molecule has 0 amide bonds. The maximum Gasteiger partial charge on any atom is 0.164 e. The number of nitrogens with two attached hydrogens (primary N) is 1. The van der Waals surface area contributed by atoms with Gasteiger partial charge >= 0.3 is 0 Å². The molecule has 0 aliphatic heterocycles. The second-order valence-corrected chi connectivity index (χ2v) is 4.79. The second-order valence-electron chi connectivity index (χ2n) is 4.79. The summed E-state index contributed by atoms with van der Waals surface area (Å²) < 4.78 is 27.7. The van der Waals surface area contributed by atoms with E-state index >= 15 is 0 Å². The average Bonchev–Trinajstić information content (AvgIpc) is 2.48. The average molecular weight is 276 g/mol. The van der Waals surface area contributed by atoms with Gasteiger partial charge in [0.1, 0.15) is 0 Å². The predicted molar refractivity (Wildman–Crippen MR) is 76.1 cm³/mol. The zero-order valence-electron chi connectivity index (χ0n) is 11.6. The summed E-state index contributed by atoms with van der Waals surface area (Å²) >= 11 is 0. The quantitative estimate of drug-likeness (QED) is 0.663. The fraction of sp³-hybridized carbons (Fsp3) is 0.250. The van der Waals surface area contributed by atoms with Gasteiger partial charge in [-0.3, -0.25) is 5.84 Å². The minimum atomic E-state index is -0.854. The second kappa shape index (κ2) is 6.11. The molecule has 0 aliphatic carbocycles. The highest BCUT2D eigenvalue weighted by Gasteiger charge is 2.20. The van der Waals surface area contributed by atoms with Crippen LogP contribution in [-0.2, 0) is 6.42 Å². The Morgan fingerprint density at radius 1 is 1.05 bits per heavy atom. The van der Waals surface area contributed by atoms with Gasteiger partial charge in [0, 0.05) is 5.56 Å². The molecule has 0 heterocycles. The van der Waals surface area contributed by atoms with E-state index in [0.29, 0.717) is 0 Å². The SMILES string of the molecule is CCc1ccc(C(NN)c2ccc(C)c(F)c2F)cc1. The highest BCUT2D eigenvalue weighted by atomic mass is 19.2. The van der Waals surface area contributed by atoms with Gasteiger partial charge in [-0.2, -0.15) is 0 Å². The first kappa shape index (κ1) is 14.6. The maximum absolute atomic E-state index is 14.1. The van der Waals surface area contributed by atoms with Crippen molar-refractivity contribution in [2.75, 3.05) is 0 Å². The van der Waals surface area contributed by atoms with Crippen molar-refractivity contribution < 1.29 is 8.78 Å². The lowest BCUT2D eigenvalue weighted by molar-refractivity contribution is 0.478. The summed E-state index contributed by atoms with van der Waals surface area (Å²) in [5.74, 6) is 3.85. The Hall–Kier alpha value is -1.78. The molecule has 3 N–H and O–H groups in total. The normalized spacial score (nSPS) is 12.4. The van der Waals surface area contributed by atoms with Crippen molar-refractivity contribution in [1.82, 2.24) is 5.43 Å². The van der Waals surface area contributed by atoms with E-state index in [1.54, 1.807) is 12.1 Å². The third-order valence-corrected chi connectivity index (χ3v) is 3.50. The molecule has 2 nitrogen and oxygen atoms in total. The summed E-state index contributed by atoms with van der Waals surface area (Å²) in [7, 11) is 0. The van der Waals surface area contributed by atoms with E-state index < -0.39 is 17.7 Å². The van der Waals surface area contributed by atoms with Gasteiger partial charge in [0.25, 0.3) is 0 Å². The molecule has 106 valence electrons. The van der Waals surface area contributed by atoms with Crippen LogP contribution in [-0.4, -0.2) is 0 Å². The van der Waals surface area contributed by atoms with Crippen molar-refractivity contribution in [2.45, 2.75) is 26.3 Å². The molecule has 2 rings (SSSR count). The van der Waals surface area contributed by atoms with Crippen LogP contribution in [0.3, 0.4) is 0 Å². The van der Waals surface area contributed by atoms with Crippen molar-refractivity contribution in [1.29, 1.82) is 0 Å². The Morgan fingerprint density at radius 2 is 1.70 bits per heavy atom.